The highest BCUT2D eigenvalue weighted by Crippen LogP contribution is 2.26. The number of carbonyl (C=O) groups is 1. The van der Waals surface area contributed by atoms with Crippen LogP contribution in [0, 0.1) is 6.92 Å². The second-order valence-corrected chi connectivity index (χ2v) is 4.78. The van der Waals surface area contributed by atoms with Crippen LogP contribution in [-0.4, -0.2) is 27.4 Å². The van der Waals surface area contributed by atoms with Crippen molar-refractivity contribution in [1.82, 2.24) is 10.2 Å². The minimum absolute atomic E-state index is 0.0461. The molecule has 0 amide bonds. The molecule has 2 aromatic rings. The highest BCUT2D eigenvalue weighted by molar-refractivity contribution is 5.93. The lowest BCUT2D eigenvalue weighted by molar-refractivity contribution is 0.0691. The molecule has 0 radical (unpaired) electrons. The minimum atomic E-state index is -1.18. The van der Waals surface area contributed by atoms with Crippen LogP contribution in [0.3, 0.4) is 0 Å². The van der Waals surface area contributed by atoms with Crippen molar-refractivity contribution in [3.8, 4) is 16.9 Å². The number of carboxylic acids is 1. The molecule has 20 heavy (non-hydrogen) atoms. The van der Waals surface area contributed by atoms with E-state index in [-0.39, 0.29) is 17.4 Å². The summed E-state index contributed by atoms with van der Waals surface area (Å²) in [4.78, 5) is 22.8. The van der Waals surface area contributed by atoms with Crippen LogP contribution in [0.1, 0.15) is 29.9 Å². The lowest BCUT2D eigenvalue weighted by Crippen LogP contribution is -2.08. The van der Waals surface area contributed by atoms with Gasteiger partial charge in [-0.15, -0.1) is 0 Å². The summed E-state index contributed by atoms with van der Waals surface area (Å²) in [6.45, 7) is 5.70. The first kappa shape index (κ1) is 13.9. The van der Waals surface area contributed by atoms with Crippen LogP contribution in [0.4, 0.5) is 0 Å². The topological polar surface area (TPSA) is 95.2 Å². The summed E-state index contributed by atoms with van der Waals surface area (Å²) in [5.74, 6) is -0.467. The first-order chi connectivity index (χ1) is 9.40. The van der Waals surface area contributed by atoms with Crippen molar-refractivity contribution in [2.75, 3.05) is 0 Å². The maximum Gasteiger partial charge on any atom is 0.354 e. The molecule has 1 heterocycles. The fraction of sp³-hybridized carbons (Fsp3) is 0.286. The predicted molar refractivity (Wildman–Crippen MR) is 74.3 cm³/mol. The van der Waals surface area contributed by atoms with E-state index >= 15 is 0 Å². The van der Waals surface area contributed by atoms with Crippen molar-refractivity contribution >= 4 is 5.97 Å². The van der Waals surface area contributed by atoms with Gasteiger partial charge in [0.25, 0.3) is 5.56 Å². The minimum Gasteiger partial charge on any atom is -0.491 e. The fourth-order valence-electron chi connectivity index (χ4n) is 1.98. The molecule has 3 N–H and O–H groups in total. The molecule has 0 bridgehead atoms. The van der Waals surface area contributed by atoms with Gasteiger partial charge in [-0.1, -0.05) is 6.07 Å². The van der Waals surface area contributed by atoms with Crippen LogP contribution >= 0.6 is 0 Å². The van der Waals surface area contributed by atoms with Crippen molar-refractivity contribution < 1.29 is 14.6 Å². The van der Waals surface area contributed by atoms with Crippen LogP contribution in [0.5, 0.6) is 5.75 Å². The molecule has 6 nitrogen and oxygen atoms in total. The van der Waals surface area contributed by atoms with E-state index in [0.717, 1.165) is 5.56 Å². The molecule has 0 saturated heterocycles. The monoisotopic (exact) mass is 276 g/mol. The Labute approximate surface area is 115 Å². The quantitative estimate of drug-likeness (QED) is 0.797. The number of aromatic carboxylic acids is 1. The molecule has 0 aliphatic carbocycles. The summed E-state index contributed by atoms with van der Waals surface area (Å²) in [6, 6.07) is 5.15. The van der Waals surface area contributed by atoms with Gasteiger partial charge in [-0.05, 0) is 44.0 Å². The van der Waals surface area contributed by atoms with Gasteiger partial charge in [-0.2, -0.15) is 0 Å². The third-order valence-electron chi connectivity index (χ3n) is 2.82. The summed E-state index contributed by atoms with van der Waals surface area (Å²) in [6.07, 6.45) is 0.0461. The van der Waals surface area contributed by atoms with Gasteiger partial charge < -0.3 is 9.84 Å². The number of hydrogen-bond acceptors (Lipinski definition) is 3. The number of ether oxygens (including phenoxy) is 1. The molecule has 1 aromatic heterocycles. The number of hydrogen-bond donors (Lipinski definition) is 3. The van der Waals surface area contributed by atoms with Gasteiger partial charge >= 0.3 is 5.97 Å². The molecule has 0 fully saturated rings. The van der Waals surface area contributed by atoms with Crippen molar-refractivity contribution in [3.63, 3.8) is 0 Å². The Morgan fingerprint density at radius 3 is 2.55 bits per heavy atom. The van der Waals surface area contributed by atoms with E-state index in [0.29, 0.717) is 11.3 Å². The summed E-state index contributed by atoms with van der Waals surface area (Å²) in [7, 11) is 0. The smallest absolute Gasteiger partial charge is 0.354 e. The molecule has 106 valence electrons. The van der Waals surface area contributed by atoms with Gasteiger partial charge in [0.05, 0.1) is 11.7 Å². The number of carboxylic acid groups (broad SMARTS) is 1. The van der Waals surface area contributed by atoms with Gasteiger partial charge in [-0.3, -0.25) is 15.0 Å². The molecule has 0 unspecified atom stereocenters. The molecular formula is C14H16N2O4. The number of H-pyrrole nitrogens is 2. The molecule has 0 saturated carbocycles. The summed E-state index contributed by atoms with van der Waals surface area (Å²) in [5, 5.41) is 13.7. The van der Waals surface area contributed by atoms with Gasteiger partial charge in [0.1, 0.15) is 5.75 Å². The zero-order valence-corrected chi connectivity index (χ0v) is 11.5. The molecule has 0 aliphatic heterocycles. The zero-order valence-electron chi connectivity index (χ0n) is 11.5. The summed E-state index contributed by atoms with van der Waals surface area (Å²) < 4.78 is 5.62. The molecule has 0 atom stereocenters. The second-order valence-electron chi connectivity index (χ2n) is 4.78. The Morgan fingerprint density at radius 1 is 1.30 bits per heavy atom. The maximum atomic E-state index is 11.7. The fourth-order valence-corrected chi connectivity index (χ4v) is 1.98. The largest absolute Gasteiger partial charge is 0.491 e. The molecular weight excluding hydrogens is 260 g/mol. The number of aryl methyl sites for hydroxylation is 1. The Morgan fingerprint density at radius 2 is 2.00 bits per heavy atom. The van der Waals surface area contributed by atoms with Crippen LogP contribution in [-0.2, 0) is 0 Å². The zero-order chi connectivity index (χ0) is 14.9. The maximum absolute atomic E-state index is 11.7. The van der Waals surface area contributed by atoms with Crippen molar-refractivity contribution in [3.05, 3.63) is 39.8 Å². The Bertz CT molecular complexity index is 697. The normalized spacial score (nSPS) is 10.8. The van der Waals surface area contributed by atoms with E-state index in [1.165, 1.54) is 0 Å². The number of nitrogens with one attached hydrogen (secondary N) is 2. The van der Waals surface area contributed by atoms with Gasteiger partial charge in [-0.25, -0.2) is 4.79 Å². The van der Waals surface area contributed by atoms with Gasteiger partial charge in [0.15, 0.2) is 5.69 Å². The first-order valence-electron chi connectivity index (χ1n) is 6.21. The molecule has 0 spiro atoms. The molecule has 2 rings (SSSR count). The number of aromatic nitrogens is 2. The van der Waals surface area contributed by atoms with Crippen molar-refractivity contribution in [1.29, 1.82) is 0 Å². The first-order valence-corrected chi connectivity index (χ1v) is 6.21. The van der Waals surface area contributed by atoms with Crippen LogP contribution in [0.2, 0.25) is 0 Å². The van der Waals surface area contributed by atoms with Crippen molar-refractivity contribution in [2.24, 2.45) is 0 Å². The Hall–Kier alpha value is -2.50. The molecule has 0 aliphatic rings. The highest BCUT2D eigenvalue weighted by Gasteiger charge is 2.18. The summed E-state index contributed by atoms with van der Waals surface area (Å²) >= 11 is 0. The number of aromatic amines is 2. The van der Waals surface area contributed by atoms with E-state index in [1.54, 1.807) is 18.2 Å². The third-order valence-corrected chi connectivity index (χ3v) is 2.82. The Kier molecular flexibility index (Phi) is 3.65. The lowest BCUT2D eigenvalue weighted by Gasteiger charge is -2.13. The van der Waals surface area contributed by atoms with E-state index in [9.17, 15) is 9.59 Å². The molecule has 1 aromatic carbocycles. The standard InChI is InChI=1S/C14H16N2O4/c1-7(2)20-10-5-4-9(6-8(10)3)11-12(14(18)19)15-16-13(11)17/h4-7H,1-3H3,(H,18,19)(H2,15,16,17). The van der Waals surface area contributed by atoms with E-state index in [4.69, 9.17) is 9.84 Å². The van der Waals surface area contributed by atoms with Crippen molar-refractivity contribution in [2.45, 2.75) is 26.9 Å². The predicted octanol–water partition coefficient (Wildman–Crippen LogP) is 2.16. The molecule has 6 heteroatoms. The third kappa shape index (κ3) is 2.59. The van der Waals surface area contributed by atoms with Crippen LogP contribution in [0.25, 0.3) is 11.1 Å². The lowest BCUT2D eigenvalue weighted by atomic mass is 10.0. The highest BCUT2D eigenvalue weighted by atomic mass is 16.5. The SMILES string of the molecule is Cc1cc(-c2c(C(=O)O)[nH][nH]c2=O)ccc1OC(C)C. The number of benzene rings is 1. The van der Waals surface area contributed by atoms with E-state index < -0.39 is 11.5 Å². The second kappa shape index (κ2) is 5.24. The number of rotatable bonds is 4. The van der Waals surface area contributed by atoms with Crippen LogP contribution in [0.15, 0.2) is 23.0 Å². The average Bonchev–Trinajstić information content (AvgIpc) is 2.73. The average molecular weight is 276 g/mol. The Balaban J connectivity index is 2.50. The van der Waals surface area contributed by atoms with Gasteiger partial charge in [0.2, 0.25) is 0 Å². The van der Waals surface area contributed by atoms with E-state index in [2.05, 4.69) is 10.2 Å². The summed E-state index contributed by atoms with van der Waals surface area (Å²) in [5.41, 5.74) is 0.898. The van der Waals surface area contributed by atoms with Gasteiger partial charge in [0, 0.05) is 0 Å². The van der Waals surface area contributed by atoms with E-state index in [1.807, 2.05) is 20.8 Å². The van der Waals surface area contributed by atoms with Crippen LogP contribution < -0.4 is 10.3 Å².